The molecule has 0 amide bonds. The highest BCUT2D eigenvalue weighted by Crippen LogP contribution is 2.26. The van der Waals surface area contributed by atoms with Crippen molar-refractivity contribution in [1.29, 1.82) is 0 Å². The standard InChI is InChI=1S/C11H13F5N2/c12-8-4-7(5-9(13)6-8)10(18-17)2-1-3-11(14,15)16/h4-6,10,18H,1-3,17H2. The fraction of sp³-hybridized carbons (Fsp3) is 0.455. The van der Waals surface area contributed by atoms with Gasteiger partial charge >= 0.3 is 6.18 Å². The Hall–Kier alpha value is -1.21. The molecule has 1 atom stereocenters. The molecule has 1 unspecified atom stereocenters. The van der Waals surface area contributed by atoms with Gasteiger partial charge in [-0.2, -0.15) is 13.2 Å². The molecule has 0 spiro atoms. The van der Waals surface area contributed by atoms with Gasteiger partial charge in [-0.25, -0.2) is 8.78 Å². The maximum absolute atomic E-state index is 12.9. The number of benzene rings is 1. The molecule has 0 heterocycles. The van der Waals surface area contributed by atoms with Gasteiger partial charge in [0.1, 0.15) is 11.6 Å². The largest absolute Gasteiger partial charge is 0.389 e. The Kier molecular flexibility index (Phi) is 5.03. The Morgan fingerprint density at radius 1 is 1.11 bits per heavy atom. The summed E-state index contributed by atoms with van der Waals surface area (Å²) in [5, 5.41) is 0. The van der Waals surface area contributed by atoms with Crippen LogP contribution in [0.1, 0.15) is 30.9 Å². The van der Waals surface area contributed by atoms with Crippen molar-refractivity contribution in [3.63, 3.8) is 0 Å². The molecule has 2 nitrogen and oxygen atoms in total. The van der Waals surface area contributed by atoms with Crippen molar-refractivity contribution in [3.05, 3.63) is 35.4 Å². The number of nitrogens with one attached hydrogen (secondary N) is 1. The van der Waals surface area contributed by atoms with Crippen LogP contribution in [0.2, 0.25) is 0 Å². The van der Waals surface area contributed by atoms with E-state index < -0.39 is 30.3 Å². The van der Waals surface area contributed by atoms with Crippen LogP contribution in [0.4, 0.5) is 22.0 Å². The number of halogens is 5. The predicted octanol–water partition coefficient (Wildman–Crippen LogP) is 3.20. The summed E-state index contributed by atoms with van der Waals surface area (Å²) in [6.07, 6.45) is -5.33. The minimum atomic E-state index is -4.24. The van der Waals surface area contributed by atoms with Crippen LogP contribution in [0.25, 0.3) is 0 Å². The molecular weight excluding hydrogens is 255 g/mol. The third-order valence-corrected chi connectivity index (χ3v) is 2.44. The van der Waals surface area contributed by atoms with E-state index in [4.69, 9.17) is 5.84 Å². The summed E-state index contributed by atoms with van der Waals surface area (Å²) in [4.78, 5) is 0. The van der Waals surface area contributed by atoms with E-state index >= 15 is 0 Å². The minimum absolute atomic E-state index is 0.0406. The Morgan fingerprint density at radius 3 is 2.11 bits per heavy atom. The zero-order chi connectivity index (χ0) is 13.8. The first kappa shape index (κ1) is 14.8. The van der Waals surface area contributed by atoms with Crippen molar-refractivity contribution in [2.75, 3.05) is 0 Å². The highest BCUT2D eigenvalue weighted by atomic mass is 19.4. The lowest BCUT2D eigenvalue weighted by molar-refractivity contribution is -0.135. The van der Waals surface area contributed by atoms with Crippen LogP contribution in [0.5, 0.6) is 0 Å². The zero-order valence-corrected chi connectivity index (χ0v) is 9.40. The van der Waals surface area contributed by atoms with Gasteiger partial charge in [0, 0.05) is 18.5 Å². The third-order valence-electron chi connectivity index (χ3n) is 2.44. The summed E-state index contributed by atoms with van der Waals surface area (Å²) in [6, 6.07) is 2.06. The van der Waals surface area contributed by atoms with Gasteiger partial charge in [0.15, 0.2) is 0 Å². The molecule has 1 rings (SSSR count). The number of alkyl halides is 3. The molecule has 0 aromatic heterocycles. The lowest BCUT2D eigenvalue weighted by Gasteiger charge is -2.17. The van der Waals surface area contributed by atoms with Gasteiger partial charge in [0.05, 0.1) is 0 Å². The van der Waals surface area contributed by atoms with E-state index in [0.717, 1.165) is 12.1 Å². The van der Waals surface area contributed by atoms with Gasteiger partial charge in [-0.15, -0.1) is 0 Å². The summed E-state index contributed by atoms with van der Waals surface area (Å²) in [7, 11) is 0. The Morgan fingerprint density at radius 2 is 1.67 bits per heavy atom. The number of hydrogen-bond acceptors (Lipinski definition) is 2. The molecule has 0 saturated carbocycles. The van der Waals surface area contributed by atoms with Crippen LogP contribution in [0.3, 0.4) is 0 Å². The number of hydrazine groups is 1. The summed E-state index contributed by atoms with van der Waals surface area (Å²) < 4.78 is 61.8. The van der Waals surface area contributed by atoms with Crippen LogP contribution in [0.15, 0.2) is 18.2 Å². The topological polar surface area (TPSA) is 38.0 Å². The maximum Gasteiger partial charge on any atom is 0.389 e. The van der Waals surface area contributed by atoms with Crippen molar-refractivity contribution in [1.82, 2.24) is 5.43 Å². The van der Waals surface area contributed by atoms with E-state index in [1.807, 2.05) is 0 Å². The molecule has 7 heteroatoms. The van der Waals surface area contributed by atoms with Crippen molar-refractivity contribution >= 4 is 0 Å². The minimum Gasteiger partial charge on any atom is -0.271 e. The normalized spacial score (nSPS) is 13.7. The van der Waals surface area contributed by atoms with E-state index in [-0.39, 0.29) is 18.4 Å². The van der Waals surface area contributed by atoms with Gasteiger partial charge in [-0.3, -0.25) is 11.3 Å². The first-order valence-corrected chi connectivity index (χ1v) is 5.30. The van der Waals surface area contributed by atoms with Gasteiger partial charge in [-0.05, 0) is 30.5 Å². The van der Waals surface area contributed by atoms with Crippen LogP contribution in [0, 0.1) is 11.6 Å². The molecule has 0 bridgehead atoms. The summed E-state index contributed by atoms with van der Waals surface area (Å²) >= 11 is 0. The molecule has 1 aromatic carbocycles. The van der Waals surface area contributed by atoms with Crippen molar-refractivity contribution in [2.24, 2.45) is 5.84 Å². The van der Waals surface area contributed by atoms with E-state index in [1.165, 1.54) is 0 Å². The molecular formula is C11H13F5N2. The Balaban J connectivity index is 2.65. The van der Waals surface area contributed by atoms with Gasteiger partial charge < -0.3 is 0 Å². The average molecular weight is 268 g/mol. The fourth-order valence-electron chi connectivity index (χ4n) is 1.63. The van der Waals surface area contributed by atoms with Crippen LogP contribution < -0.4 is 11.3 Å². The van der Waals surface area contributed by atoms with Crippen molar-refractivity contribution in [3.8, 4) is 0 Å². The lowest BCUT2D eigenvalue weighted by Crippen LogP contribution is -2.28. The van der Waals surface area contributed by atoms with E-state index in [1.54, 1.807) is 0 Å². The zero-order valence-electron chi connectivity index (χ0n) is 9.40. The second kappa shape index (κ2) is 6.10. The smallest absolute Gasteiger partial charge is 0.271 e. The van der Waals surface area contributed by atoms with Crippen LogP contribution in [-0.2, 0) is 0 Å². The quantitative estimate of drug-likeness (QED) is 0.489. The molecule has 102 valence electrons. The number of rotatable bonds is 5. The molecule has 1 aromatic rings. The molecule has 0 radical (unpaired) electrons. The third kappa shape index (κ3) is 4.97. The first-order chi connectivity index (χ1) is 8.31. The highest BCUT2D eigenvalue weighted by Gasteiger charge is 2.26. The second-order valence-corrected chi connectivity index (χ2v) is 3.93. The molecule has 3 N–H and O–H groups in total. The van der Waals surface area contributed by atoms with Gasteiger partial charge in [0.25, 0.3) is 0 Å². The summed E-state index contributed by atoms with van der Waals surface area (Å²) in [5.41, 5.74) is 2.45. The lowest BCUT2D eigenvalue weighted by atomic mass is 10.0. The average Bonchev–Trinajstić information content (AvgIpc) is 2.21. The summed E-state index contributed by atoms with van der Waals surface area (Å²) in [5.74, 6) is 3.60. The SMILES string of the molecule is NNC(CCCC(F)(F)F)c1cc(F)cc(F)c1. The van der Waals surface area contributed by atoms with E-state index in [9.17, 15) is 22.0 Å². The Labute approximate surface area is 101 Å². The maximum atomic E-state index is 12.9. The van der Waals surface area contributed by atoms with Crippen molar-refractivity contribution < 1.29 is 22.0 Å². The first-order valence-electron chi connectivity index (χ1n) is 5.30. The van der Waals surface area contributed by atoms with E-state index in [0.29, 0.717) is 6.07 Å². The van der Waals surface area contributed by atoms with Crippen LogP contribution >= 0.6 is 0 Å². The monoisotopic (exact) mass is 268 g/mol. The van der Waals surface area contributed by atoms with Crippen LogP contribution in [-0.4, -0.2) is 6.18 Å². The second-order valence-electron chi connectivity index (χ2n) is 3.93. The van der Waals surface area contributed by atoms with Gasteiger partial charge in [0.2, 0.25) is 0 Å². The number of nitrogens with two attached hydrogens (primary N) is 1. The molecule has 0 aliphatic rings. The van der Waals surface area contributed by atoms with Gasteiger partial charge in [-0.1, -0.05) is 0 Å². The summed E-state index contributed by atoms with van der Waals surface area (Å²) in [6.45, 7) is 0. The van der Waals surface area contributed by atoms with Crippen molar-refractivity contribution in [2.45, 2.75) is 31.5 Å². The molecule has 18 heavy (non-hydrogen) atoms. The number of hydrogen-bond donors (Lipinski definition) is 2. The molecule has 0 fully saturated rings. The highest BCUT2D eigenvalue weighted by molar-refractivity contribution is 5.21. The fourth-order valence-corrected chi connectivity index (χ4v) is 1.63. The predicted molar refractivity (Wildman–Crippen MR) is 56.3 cm³/mol. The van der Waals surface area contributed by atoms with E-state index in [2.05, 4.69) is 5.43 Å². The Bertz CT molecular complexity index is 371. The molecule has 0 aliphatic carbocycles. The molecule has 0 saturated heterocycles. The molecule has 0 aliphatic heterocycles.